The SMILES string of the molecule is CC#Cc1ccc(-c2ccco2)cc1. The van der Waals surface area contributed by atoms with E-state index < -0.39 is 0 Å². The summed E-state index contributed by atoms with van der Waals surface area (Å²) in [5.74, 6) is 6.75. The topological polar surface area (TPSA) is 13.1 Å². The van der Waals surface area contributed by atoms with Crippen LogP contribution in [-0.2, 0) is 0 Å². The predicted molar refractivity (Wildman–Crippen MR) is 56.7 cm³/mol. The summed E-state index contributed by atoms with van der Waals surface area (Å²) in [6.45, 7) is 1.83. The summed E-state index contributed by atoms with van der Waals surface area (Å²) >= 11 is 0. The van der Waals surface area contributed by atoms with E-state index in [1.54, 1.807) is 6.26 Å². The van der Waals surface area contributed by atoms with Crippen molar-refractivity contribution in [1.29, 1.82) is 0 Å². The first-order valence-corrected chi connectivity index (χ1v) is 4.47. The zero-order valence-electron chi connectivity index (χ0n) is 7.95. The Morgan fingerprint density at radius 1 is 1.07 bits per heavy atom. The fourth-order valence-corrected chi connectivity index (χ4v) is 1.30. The van der Waals surface area contributed by atoms with Crippen LogP contribution in [0.2, 0.25) is 0 Å². The highest BCUT2D eigenvalue weighted by molar-refractivity contribution is 5.58. The van der Waals surface area contributed by atoms with Crippen LogP contribution in [0.25, 0.3) is 11.3 Å². The van der Waals surface area contributed by atoms with Gasteiger partial charge in [0.25, 0.3) is 0 Å². The summed E-state index contributed by atoms with van der Waals surface area (Å²) in [4.78, 5) is 0. The molecular formula is C13H10O. The van der Waals surface area contributed by atoms with Crippen LogP contribution in [-0.4, -0.2) is 0 Å². The first-order valence-electron chi connectivity index (χ1n) is 4.47. The van der Waals surface area contributed by atoms with E-state index in [4.69, 9.17) is 4.42 Å². The molecule has 1 heterocycles. The largest absolute Gasteiger partial charge is 0.464 e. The lowest BCUT2D eigenvalue weighted by Crippen LogP contribution is -1.75. The Morgan fingerprint density at radius 2 is 1.86 bits per heavy atom. The molecule has 1 nitrogen and oxygen atoms in total. The average Bonchev–Trinajstić information content (AvgIpc) is 2.72. The van der Waals surface area contributed by atoms with Gasteiger partial charge in [-0.05, 0) is 31.2 Å². The second kappa shape index (κ2) is 3.85. The van der Waals surface area contributed by atoms with Crippen molar-refractivity contribution in [2.45, 2.75) is 6.92 Å². The van der Waals surface area contributed by atoms with Gasteiger partial charge in [-0.3, -0.25) is 0 Å². The highest BCUT2D eigenvalue weighted by atomic mass is 16.3. The minimum absolute atomic E-state index is 0.890. The molecule has 0 atom stereocenters. The van der Waals surface area contributed by atoms with Gasteiger partial charge in [-0.15, -0.1) is 5.92 Å². The summed E-state index contributed by atoms with van der Waals surface area (Å²) in [5.41, 5.74) is 2.11. The molecule has 0 unspecified atom stereocenters. The zero-order chi connectivity index (χ0) is 9.80. The molecule has 2 rings (SSSR count). The molecule has 0 aliphatic heterocycles. The third-order valence-corrected chi connectivity index (χ3v) is 1.96. The summed E-state index contributed by atoms with van der Waals surface area (Å²) in [6, 6.07) is 11.8. The quantitative estimate of drug-likeness (QED) is 0.616. The molecule has 1 heteroatoms. The molecule has 1 aromatic heterocycles. The van der Waals surface area contributed by atoms with Crippen LogP contribution in [0.1, 0.15) is 12.5 Å². The first kappa shape index (κ1) is 8.65. The Morgan fingerprint density at radius 3 is 2.43 bits per heavy atom. The Labute approximate surface area is 83.4 Å². The van der Waals surface area contributed by atoms with Gasteiger partial charge in [0.1, 0.15) is 5.76 Å². The van der Waals surface area contributed by atoms with Gasteiger partial charge in [0, 0.05) is 11.1 Å². The van der Waals surface area contributed by atoms with Crippen molar-refractivity contribution in [2.24, 2.45) is 0 Å². The van der Waals surface area contributed by atoms with E-state index >= 15 is 0 Å². The Balaban J connectivity index is 2.34. The van der Waals surface area contributed by atoms with Crippen molar-refractivity contribution in [1.82, 2.24) is 0 Å². The van der Waals surface area contributed by atoms with Crippen LogP contribution in [0, 0.1) is 11.8 Å². The number of rotatable bonds is 1. The second-order valence-corrected chi connectivity index (χ2v) is 2.93. The molecule has 2 aromatic rings. The molecule has 0 saturated heterocycles. The maximum absolute atomic E-state index is 5.28. The molecule has 0 bridgehead atoms. The fraction of sp³-hybridized carbons (Fsp3) is 0.0769. The lowest BCUT2D eigenvalue weighted by Gasteiger charge is -1.96. The highest BCUT2D eigenvalue weighted by Gasteiger charge is 1.98. The highest BCUT2D eigenvalue weighted by Crippen LogP contribution is 2.19. The van der Waals surface area contributed by atoms with Crippen molar-refractivity contribution in [3.63, 3.8) is 0 Å². The number of benzene rings is 1. The molecule has 68 valence electrons. The normalized spacial score (nSPS) is 9.21. The summed E-state index contributed by atoms with van der Waals surface area (Å²) in [6.07, 6.45) is 1.68. The molecule has 0 amide bonds. The van der Waals surface area contributed by atoms with Crippen LogP contribution in [0.15, 0.2) is 47.1 Å². The Kier molecular flexibility index (Phi) is 2.38. The molecule has 0 N–H and O–H groups in total. The Hall–Kier alpha value is -1.94. The zero-order valence-corrected chi connectivity index (χ0v) is 7.95. The van der Waals surface area contributed by atoms with Crippen LogP contribution in [0.5, 0.6) is 0 Å². The smallest absolute Gasteiger partial charge is 0.133 e. The molecule has 0 aliphatic carbocycles. The summed E-state index contributed by atoms with van der Waals surface area (Å²) in [7, 11) is 0. The van der Waals surface area contributed by atoms with Gasteiger partial charge in [-0.25, -0.2) is 0 Å². The monoisotopic (exact) mass is 182 g/mol. The van der Waals surface area contributed by atoms with E-state index in [0.29, 0.717) is 0 Å². The predicted octanol–water partition coefficient (Wildman–Crippen LogP) is 3.32. The van der Waals surface area contributed by atoms with Crippen molar-refractivity contribution in [3.05, 3.63) is 48.2 Å². The van der Waals surface area contributed by atoms with Crippen molar-refractivity contribution in [2.75, 3.05) is 0 Å². The molecule has 0 aliphatic rings. The van der Waals surface area contributed by atoms with E-state index in [2.05, 4.69) is 11.8 Å². The van der Waals surface area contributed by atoms with Crippen LogP contribution < -0.4 is 0 Å². The van der Waals surface area contributed by atoms with Gasteiger partial charge in [0.2, 0.25) is 0 Å². The third-order valence-electron chi connectivity index (χ3n) is 1.96. The van der Waals surface area contributed by atoms with Gasteiger partial charge in [-0.1, -0.05) is 18.1 Å². The molecule has 0 spiro atoms. The third kappa shape index (κ3) is 1.70. The molecule has 0 radical (unpaired) electrons. The molecule has 0 fully saturated rings. The van der Waals surface area contributed by atoms with E-state index in [0.717, 1.165) is 16.9 Å². The lowest BCUT2D eigenvalue weighted by molar-refractivity contribution is 0.582. The summed E-state index contributed by atoms with van der Waals surface area (Å²) in [5, 5.41) is 0. The molecule has 14 heavy (non-hydrogen) atoms. The van der Waals surface area contributed by atoms with Crippen LogP contribution >= 0.6 is 0 Å². The minimum atomic E-state index is 0.890. The number of hydrogen-bond donors (Lipinski definition) is 0. The first-order chi connectivity index (χ1) is 6.90. The van der Waals surface area contributed by atoms with Gasteiger partial charge in [0.15, 0.2) is 0 Å². The maximum atomic E-state index is 5.28. The molecule has 0 saturated carbocycles. The van der Waals surface area contributed by atoms with Crippen LogP contribution in [0.4, 0.5) is 0 Å². The number of furan rings is 1. The maximum Gasteiger partial charge on any atom is 0.133 e. The van der Waals surface area contributed by atoms with Crippen molar-refractivity contribution < 1.29 is 4.42 Å². The molecule has 1 aromatic carbocycles. The second-order valence-electron chi connectivity index (χ2n) is 2.93. The standard InChI is InChI=1S/C13H10O/c1-2-4-11-6-8-12(9-7-11)13-5-3-10-14-13/h3,5-10H,1H3. The van der Waals surface area contributed by atoms with Gasteiger partial charge >= 0.3 is 0 Å². The van der Waals surface area contributed by atoms with E-state index in [9.17, 15) is 0 Å². The van der Waals surface area contributed by atoms with E-state index in [1.807, 2.05) is 43.3 Å². The Bertz CT molecular complexity index is 452. The van der Waals surface area contributed by atoms with Gasteiger partial charge < -0.3 is 4.42 Å². The van der Waals surface area contributed by atoms with Gasteiger partial charge in [0.05, 0.1) is 6.26 Å². The number of hydrogen-bond acceptors (Lipinski definition) is 1. The van der Waals surface area contributed by atoms with Crippen molar-refractivity contribution in [3.8, 4) is 23.2 Å². The molecular weight excluding hydrogens is 172 g/mol. The summed E-state index contributed by atoms with van der Waals surface area (Å²) < 4.78 is 5.28. The lowest BCUT2D eigenvalue weighted by atomic mass is 10.1. The fourth-order valence-electron chi connectivity index (χ4n) is 1.30. The van der Waals surface area contributed by atoms with E-state index in [-0.39, 0.29) is 0 Å². The van der Waals surface area contributed by atoms with Gasteiger partial charge in [-0.2, -0.15) is 0 Å². The van der Waals surface area contributed by atoms with E-state index in [1.165, 1.54) is 0 Å². The average molecular weight is 182 g/mol. The van der Waals surface area contributed by atoms with Crippen molar-refractivity contribution >= 4 is 0 Å². The minimum Gasteiger partial charge on any atom is -0.464 e. The van der Waals surface area contributed by atoms with Crippen LogP contribution in [0.3, 0.4) is 0 Å².